The van der Waals surface area contributed by atoms with Gasteiger partial charge in [0.1, 0.15) is 0 Å². The van der Waals surface area contributed by atoms with Crippen molar-refractivity contribution in [3.8, 4) is 0 Å². The molecule has 0 saturated heterocycles. The Kier molecular flexibility index (Phi) is 6.45. The number of nitrogens with one attached hydrogen (secondary N) is 2. The first kappa shape index (κ1) is 13.8. The zero-order chi connectivity index (χ0) is 12.5. The molecule has 1 aromatic rings. The number of unbranched alkanes of at least 4 members (excludes halogenated alkanes) is 1. The third-order valence-corrected chi connectivity index (χ3v) is 2.72. The van der Waals surface area contributed by atoms with Crippen LogP contribution in [0.3, 0.4) is 0 Å². The fourth-order valence-corrected chi connectivity index (χ4v) is 1.75. The third-order valence-electron chi connectivity index (χ3n) is 2.72. The van der Waals surface area contributed by atoms with Crippen molar-refractivity contribution in [2.24, 2.45) is 0 Å². The second-order valence-electron chi connectivity index (χ2n) is 4.58. The van der Waals surface area contributed by atoms with E-state index < -0.39 is 0 Å². The van der Waals surface area contributed by atoms with E-state index in [1.807, 2.05) is 12.4 Å². The van der Waals surface area contributed by atoms with Crippen molar-refractivity contribution in [1.82, 2.24) is 4.98 Å². The van der Waals surface area contributed by atoms with Crippen LogP contribution < -0.4 is 10.6 Å². The molecule has 0 aliphatic heterocycles. The smallest absolute Gasteiger partial charge is 0.0549 e. The first-order valence-electron chi connectivity index (χ1n) is 6.71. The van der Waals surface area contributed by atoms with Crippen molar-refractivity contribution in [2.45, 2.75) is 52.5 Å². The van der Waals surface area contributed by atoms with Gasteiger partial charge in [-0.25, -0.2) is 0 Å². The van der Waals surface area contributed by atoms with E-state index in [0.29, 0.717) is 6.04 Å². The van der Waals surface area contributed by atoms with Gasteiger partial charge >= 0.3 is 0 Å². The molecule has 1 aromatic heterocycles. The number of pyridine rings is 1. The van der Waals surface area contributed by atoms with Crippen LogP contribution in [0.25, 0.3) is 0 Å². The maximum absolute atomic E-state index is 4.25. The average molecular weight is 235 g/mol. The van der Waals surface area contributed by atoms with E-state index in [1.165, 1.54) is 19.3 Å². The predicted octanol–water partition coefficient (Wildman–Crippen LogP) is 3.89. The molecule has 1 heterocycles. The van der Waals surface area contributed by atoms with Crippen LogP contribution in [-0.4, -0.2) is 17.6 Å². The van der Waals surface area contributed by atoms with Crippen molar-refractivity contribution in [3.63, 3.8) is 0 Å². The van der Waals surface area contributed by atoms with Gasteiger partial charge in [0.2, 0.25) is 0 Å². The molecule has 0 bridgehead atoms. The first-order chi connectivity index (χ1) is 8.26. The van der Waals surface area contributed by atoms with Gasteiger partial charge in [-0.15, -0.1) is 0 Å². The van der Waals surface area contributed by atoms with Gasteiger partial charge < -0.3 is 10.6 Å². The molecule has 0 aliphatic rings. The van der Waals surface area contributed by atoms with E-state index in [9.17, 15) is 0 Å². The van der Waals surface area contributed by atoms with Crippen LogP contribution in [0, 0.1) is 0 Å². The highest BCUT2D eigenvalue weighted by atomic mass is 14.9. The highest BCUT2D eigenvalue weighted by Gasteiger charge is 2.02. The number of hydrogen-bond donors (Lipinski definition) is 2. The van der Waals surface area contributed by atoms with Gasteiger partial charge in [0.25, 0.3) is 0 Å². The number of anilines is 2. The summed E-state index contributed by atoms with van der Waals surface area (Å²) in [7, 11) is 0. The van der Waals surface area contributed by atoms with E-state index in [4.69, 9.17) is 0 Å². The number of rotatable bonds is 8. The van der Waals surface area contributed by atoms with E-state index >= 15 is 0 Å². The molecule has 17 heavy (non-hydrogen) atoms. The van der Waals surface area contributed by atoms with Crippen LogP contribution in [-0.2, 0) is 0 Å². The van der Waals surface area contributed by atoms with Crippen LogP contribution in [0.15, 0.2) is 18.5 Å². The maximum Gasteiger partial charge on any atom is 0.0549 e. The van der Waals surface area contributed by atoms with Crippen LogP contribution >= 0.6 is 0 Å². The minimum absolute atomic E-state index is 0.512. The fourth-order valence-electron chi connectivity index (χ4n) is 1.75. The normalized spacial score (nSPS) is 12.2. The van der Waals surface area contributed by atoms with Crippen LogP contribution in [0.4, 0.5) is 11.4 Å². The van der Waals surface area contributed by atoms with Crippen molar-refractivity contribution in [1.29, 1.82) is 0 Å². The Morgan fingerprint density at radius 1 is 1.18 bits per heavy atom. The lowest BCUT2D eigenvalue weighted by atomic mass is 10.1. The lowest BCUT2D eigenvalue weighted by Gasteiger charge is -2.15. The maximum atomic E-state index is 4.25. The Labute approximate surface area is 105 Å². The van der Waals surface area contributed by atoms with Crippen molar-refractivity contribution >= 4 is 11.4 Å². The summed E-state index contributed by atoms with van der Waals surface area (Å²) >= 11 is 0. The molecule has 1 unspecified atom stereocenters. The van der Waals surface area contributed by atoms with Gasteiger partial charge in [-0.2, -0.15) is 0 Å². The van der Waals surface area contributed by atoms with Crippen molar-refractivity contribution in [2.75, 3.05) is 17.2 Å². The molecule has 2 N–H and O–H groups in total. The SMILES string of the molecule is CCCCC(C)Nc1cncc(NCCC)c1. The first-order valence-corrected chi connectivity index (χ1v) is 6.71. The van der Waals surface area contributed by atoms with Crippen LogP contribution in [0.5, 0.6) is 0 Å². The second kappa shape index (κ2) is 7.93. The zero-order valence-electron chi connectivity index (χ0n) is 11.3. The molecule has 3 heteroatoms. The number of hydrogen-bond acceptors (Lipinski definition) is 3. The highest BCUT2D eigenvalue weighted by molar-refractivity contribution is 5.54. The molecule has 0 saturated carbocycles. The summed E-state index contributed by atoms with van der Waals surface area (Å²) in [4.78, 5) is 4.25. The van der Waals surface area contributed by atoms with Gasteiger partial charge in [0.15, 0.2) is 0 Å². The Bertz CT molecular complexity index is 312. The summed E-state index contributed by atoms with van der Waals surface area (Å²) < 4.78 is 0. The van der Waals surface area contributed by atoms with E-state index in [-0.39, 0.29) is 0 Å². The van der Waals surface area contributed by atoms with E-state index in [0.717, 1.165) is 24.3 Å². The highest BCUT2D eigenvalue weighted by Crippen LogP contribution is 2.15. The van der Waals surface area contributed by atoms with Gasteiger partial charge in [0.05, 0.1) is 23.8 Å². The molecule has 0 radical (unpaired) electrons. The lowest BCUT2D eigenvalue weighted by Crippen LogP contribution is -2.15. The van der Waals surface area contributed by atoms with Gasteiger partial charge in [0, 0.05) is 12.6 Å². The summed E-state index contributed by atoms with van der Waals surface area (Å²) in [5.41, 5.74) is 2.20. The summed E-state index contributed by atoms with van der Waals surface area (Å²) in [5, 5.41) is 6.84. The molecule has 1 atom stereocenters. The second-order valence-corrected chi connectivity index (χ2v) is 4.58. The quantitative estimate of drug-likeness (QED) is 0.717. The third kappa shape index (κ3) is 5.57. The Morgan fingerprint density at radius 3 is 2.65 bits per heavy atom. The van der Waals surface area contributed by atoms with E-state index in [1.54, 1.807) is 0 Å². The lowest BCUT2D eigenvalue weighted by molar-refractivity contribution is 0.645. The molecule has 3 nitrogen and oxygen atoms in total. The molecule has 1 rings (SSSR count). The summed E-state index contributed by atoms with van der Waals surface area (Å²) in [6.07, 6.45) is 8.63. The van der Waals surface area contributed by atoms with Gasteiger partial charge in [-0.1, -0.05) is 26.7 Å². The Hall–Kier alpha value is -1.25. The van der Waals surface area contributed by atoms with Gasteiger partial charge in [-0.05, 0) is 25.8 Å². The monoisotopic (exact) mass is 235 g/mol. The molecule has 0 aromatic carbocycles. The minimum Gasteiger partial charge on any atom is -0.384 e. The summed E-state index contributed by atoms with van der Waals surface area (Å²) in [5.74, 6) is 0. The average Bonchev–Trinajstić information content (AvgIpc) is 2.34. The van der Waals surface area contributed by atoms with Crippen LogP contribution in [0.2, 0.25) is 0 Å². The van der Waals surface area contributed by atoms with Crippen LogP contribution in [0.1, 0.15) is 46.5 Å². The fraction of sp³-hybridized carbons (Fsp3) is 0.643. The summed E-state index contributed by atoms with van der Waals surface area (Å²) in [6, 6.07) is 2.64. The topological polar surface area (TPSA) is 37.0 Å². The summed E-state index contributed by atoms with van der Waals surface area (Å²) in [6.45, 7) is 7.61. The molecule has 0 spiro atoms. The predicted molar refractivity (Wildman–Crippen MR) is 75.6 cm³/mol. The molecule has 0 amide bonds. The molecular formula is C14H25N3. The van der Waals surface area contributed by atoms with Gasteiger partial charge in [-0.3, -0.25) is 4.98 Å². The molecule has 96 valence electrons. The molecule has 0 aliphatic carbocycles. The number of nitrogens with zero attached hydrogens (tertiary/aromatic N) is 1. The minimum atomic E-state index is 0.512. The molecular weight excluding hydrogens is 210 g/mol. The van der Waals surface area contributed by atoms with Crippen molar-refractivity contribution < 1.29 is 0 Å². The zero-order valence-corrected chi connectivity index (χ0v) is 11.3. The number of aromatic nitrogens is 1. The van der Waals surface area contributed by atoms with E-state index in [2.05, 4.69) is 42.5 Å². The Balaban J connectivity index is 2.47. The molecule has 0 fully saturated rings. The largest absolute Gasteiger partial charge is 0.384 e. The van der Waals surface area contributed by atoms with Crippen molar-refractivity contribution in [3.05, 3.63) is 18.5 Å². The standard InChI is InChI=1S/C14H25N3/c1-4-6-7-12(3)17-14-9-13(10-15-11-14)16-8-5-2/h9-12,16-17H,4-8H2,1-3H3. The Morgan fingerprint density at radius 2 is 1.94 bits per heavy atom.